The van der Waals surface area contributed by atoms with E-state index in [1.165, 1.54) is 24.8 Å². The van der Waals surface area contributed by atoms with Crippen LogP contribution in [0, 0.1) is 5.82 Å². The maximum atomic E-state index is 13.2. The molecule has 0 saturated carbocycles. The molecule has 0 spiro atoms. The van der Waals surface area contributed by atoms with Gasteiger partial charge in [-0.1, -0.05) is 47.1 Å². The number of hydrogen-bond acceptors (Lipinski definition) is 2. The van der Waals surface area contributed by atoms with Gasteiger partial charge < -0.3 is 0 Å². The summed E-state index contributed by atoms with van der Waals surface area (Å²) in [5.41, 5.74) is 0.546. The maximum absolute atomic E-state index is 13.2. The molecular formula is C12H11Cl2FOS. The molecule has 1 rings (SSSR count). The van der Waals surface area contributed by atoms with Gasteiger partial charge in [-0.25, -0.2) is 4.39 Å². The molecule has 0 aliphatic carbocycles. The molecule has 0 bridgehead atoms. The Morgan fingerprint density at radius 2 is 2.18 bits per heavy atom. The highest BCUT2D eigenvalue weighted by atomic mass is 35.5. The first-order valence-corrected chi connectivity index (χ1v) is 6.69. The Kier molecular flexibility index (Phi) is 6.03. The summed E-state index contributed by atoms with van der Waals surface area (Å²) in [5.74, 6) is 0.170. The molecule has 17 heavy (non-hydrogen) atoms. The van der Waals surface area contributed by atoms with Crippen LogP contribution in [0.3, 0.4) is 0 Å². The van der Waals surface area contributed by atoms with E-state index >= 15 is 0 Å². The van der Waals surface area contributed by atoms with Crippen LogP contribution in [0.1, 0.15) is 18.9 Å². The highest BCUT2D eigenvalue weighted by Gasteiger charge is 2.05. The zero-order valence-corrected chi connectivity index (χ0v) is 11.5. The third kappa shape index (κ3) is 5.11. The van der Waals surface area contributed by atoms with Crippen LogP contribution in [0.15, 0.2) is 18.2 Å². The van der Waals surface area contributed by atoms with Crippen LogP contribution in [-0.2, 0) is 4.79 Å². The van der Waals surface area contributed by atoms with Gasteiger partial charge in [-0.3, -0.25) is 4.79 Å². The SMILES string of the molecule is CC(=O)SCCC=Cc1cc(Cl)cc(F)c1Cl. The summed E-state index contributed by atoms with van der Waals surface area (Å²) in [4.78, 5) is 10.7. The first-order valence-electron chi connectivity index (χ1n) is 4.95. The van der Waals surface area contributed by atoms with Crippen LogP contribution >= 0.6 is 35.0 Å². The summed E-state index contributed by atoms with van der Waals surface area (Å²) in [6.07, 6.45) is 4.26. The minimum absolute atomic E-state index is 0.0601. The molecule has 1 nitrogen and oxygen atoms in total. The predicted octanol–water partition coefficient (Wildman–Crippen LogP) is 4.82. The molecule has 92 valence electrons. The maximum Gasteiger partial charge on any atom is 0.185 e. The Labute approximate surface area is 114 Å². The fourth-order valence-corrected chi connectivity index (χ4v) is 2.11. The summed E-state index contributed by atoms with van der Waals surface area (Å²) < 4.78 is 13.2. The van der Waals surface area contributed by atoms with Crippen molar-refractivity contribution in [2.75, 3.05) is 5.75 Å². The summed E-state index contributed by atoms with van der Waals surface area (Å²) in [7, 11) is 0. The molecule has 1 aromatic rings. The first kappa shape index (κ1) is 14.6. The summed E-state index contributed by atoms with van der Waals surface area (Å²) >= 11 is 12.8. The molecule has 0 aliphatic heterocycles. The van der Waals surface area contributed by atoms with Crippen LogP contribution in [0.5, 0.6) is 0 Å². The van der Waals surface area contributed by atoms with Gasteiger partial charge in [0.05, 0.1) is 5.02 Å². The topological polar surface area (TPSA) is 17.1 Å². The summed E-state index contributed by atoms with van der Waals surface area (Å²) in [6, 6.07) is 2.77. The fourth-order valence-electron chi connectivity index (χ4n) is 1.18. The van der Waals surface area contributed by atoms with Crippen molar-refractivity contribution in [3.05, 3.63) is 39.6 Å². The number of hydrogen-bond donors (Lipinski definition) is 0. The van der Waals surface area contributed by atoms with Crippen molar-refractivity contribution in [1.29, 1.82) is 0 Å². The smallest absolute Gasteiger partial charge is 0.185 e. The van der Waals surface area contributed by atoms with Gasteiger partial charge in [0.15, 0.2) is 5.12 Å². The molecule has 0 aromatic heterocycles. The quantitative estimate of drug-likeness (QED) is 0.585. The van der Waals surface area contributed by atoms with E-state index < -0.39 is 5.82 Å². The minimum Gasteiger partial charge on any atom is -0.288 e. The number of carbonyl (C=O) groups is 1. The van der Waals surface area contributed by atoms with E-state index in [0.29, 0.717) is 22.8 Å². The number of rotatable bonds is 4. The van der Waals surface area contributed by atoms with Crippen molar-refractivity contribution in [2.24, 2.45) is 0 Å². The van der Waals surface area contributed by atoms with Crippen LogP contribution in [0.4, 0.5) is 4.39 Å². The van der Waals surface area contributed by atoms with E-state index in [4.69, 9.17) is 23.2 Å². The van der Waals surface area contributed by atoms with E-state index in [1.807, 2.05) is 6.08 Å². The Hall–Kier alpha value is -0.510. The molecule has 0 aliphatic rings. The molecule has 1 aromatic carbocycles. The van der Waals surface area contributed by atoms with Gasteiger partial charge in [0.2, 0.25) is 0 Å². The Bertz CT molecular complexity index is 446. The molecular weight excluding hydrogens is 282 g/mol. The second kappa shape index (κ2) is 7.04. The van der Waals surface area contributed by atoms with Crippen molar-refractivity contribution in [3.63, 3.8) is 0 Å². The van der Waals surface area contributed by atoms with E-state index in [0.717, 1.165) is 0 Å². The van der Waals surface area contributed by atoms with E-state index in [2.05, 4.69) is 0 Å². The van der Waals surface area contributed by atoms with Gasteiger partial charge in [0.25, 0.3) is 0 Å². The van der Waals surface area contributed by atoms with Crippen molar-refractivity contribution in [3.8, 4) is 0 Å². The second-order valence-electron chi connectivity index (χ2n) is 3.32. The lowest BCUT2D eigenvalue weighted by Crippen LogP contribution is -1.85. The largest absolute Gasteiger partial charge is 0.288 e. The van der Waals surface area contributed by atoms with Gasteiger partial charge in [-0.05, 0) is 24.1 Å². The monoisotopic (exact) mass is 292 g/mol. The van der Waals surface area contributed by atoms with E-state index in [9.17, 15) is 9.18 Å². The predicted molar refractivity (Wildman–Crippen MR) is 73.2 cm³/mol. The Morgan fingerprint density at radius 1 is 1.47 bits per heavy atom. The molecule has 0 amide bonds. The van der Waals surface area contributed by atoms with Crippen LogP contribution in [-0.4, -0.2) is 10.9 Å². The molecule has 0 fully saturated rings. The van der Waals surface area contributed by atoms with Gasteiger partial charge in [0, 0.05) is 17.7 Å². The van der Waals surface area contributed by atoms with Crippen LogP contribution < -0.4 is 0 Å². The van der Waals surface area contributed by atoms with Crippen molar-refractivity contribution < 1.29 is 9.18 Å². The first-order chi connectivity index (χ1) is 8.00. The lowest BCUT2D eigenvalue weighted by atomic mass is 10.2. The summed E-state index contributed by atoms with van der Waals surface area (Å²) in [6.45, 7) is 1.53. The lowest BCUT2D eigenvalue weighted by Gasteiger charge is -2.01. The zero-order valence-electron chi connectivity index (χ0n) is 9.17. The normalized spacial score (nSPS) is 11.1. The second-order valence-corrected chi connectivity index (χ2v) is 5.41. The zero-order chi connectivity index (χ0) is 12.8. The molecule has 0 heterocycles. The molecule has 5 heteroatoms. The molecule has 0 atom stereocenters. The van der Waals surface area contributed by atoms with E-state index in [-0.39, 0.29) is 10.1 Å². The Balaban J connectivity index is 2.62. The molecule has 0 saturated heterocycles. The third-order valence-electron chi connectivity index (χ3n) is 1.91. The number of thioether (sulfide) groups is 1. The molecule has 0 N–H and O–H groups in total. The van der Waals surface area contributed by atoms with Gasteiger partial charge in [-0.15, -0.1) is 0 Å². The van der Waals surface area contributed by atoms with Gasteiger partial charge in [-0.2, -0.15) is 0 Å². The number of carbonyl (C=O) groups excluding carboxylic acids is 1. The molecule has 0 radical (unpaired) electrons. The van der Waals surface area contributed by atoms with Gasteiger partial charge >= 0.3 is 0 Å². The highest BCUT2D eigenvalue weighted by molar-refractivity contribution is 8.13. The van der Waals surface area contributed by atoms with Crippen molar-refractivity contribution >= 4 is 46.2 Å². The van der Waals surface area contributed by atoms with E-state index in [1.54, 1.807) is 12.1 Å². The van der Waals surface area contributed by atoms with Gasteiger partial charge in [0.1, 0.15) is 5.82 Å². The standard InChI is InChI=1S/C12H11Cl2FOS/c1-8(16)17-5-3-2-4-9-6-10(13)7-11(15)12(9)14/h2,4,6-7H,3,5H2,1H3. The average Bonchev–Trinajstić information content (AvgIpc) is 2.23. The minimum atomic E-state index is -0.531. The molecule has 0 unspecified atom stereocenters. The van der Waals surface area contributed by atoms with Crippen molar-refractivity contribution in [2.45, 2.75) is 13.3 Å². The average molecular weight is 293 g/mol. The number of halogens is 3. The highest BCUT2D eigenvalue weighted by Crippen LogP contribution is 2.25. The number of benzene rings is 1. The van der Waals surface area contributed by atoms with Crippen LogP contribution in [0.2, 0.25) is 10.0 Å². The lowest BCUT2D eigenvalue weighted by molar-refractivity contribution is -0.109. The van der Waals surface area contributed by atoms with Crippen LogP contribution in [0.25, 0.3) is 6.08 Å². The fraction of sp³-hybridized carbons (Fsp3) is 0.250. The number of allylic oxidation sites excluding steroid dienone is 1. The third-order valence-corrected chi connectivity index (χ3v) is 3.37. The Morgan fingerprint density at radius 3 is 2.82 bits per heavy atom. The van der Waals surface area contributed by atoms with Crippen molar-refractivity contribution in [1.82, 2.24) is 0 Å². The summed E-state index contributed by atoms with van der Waals surface area (Å²) in [5, 5.41) is 0.458.